The first-order chi connectivity index (χ1) is 15.6. The Balaban J connectivity index is 1.62. The molecule has 0 spiro atoms. The third-order valence-corrected chi connectivity index (χ3v) is 6.34. The second-order valence-corrected chi connectivity index (χ2v) is 8.26. The highest BCUT2D eigenvalue weighted by Gasteiger charge is 2.45. The number of esters is 1. The van der Waals surface area contributed by atoms with E-state index in [0.29, 0.717) is 29.2 Å². The van der Waals surface area contributed by atoms with Crippen molar-refractivity contribution in [3.63, 3.8) is 0 Å². The topological polar surface area (TPSA) is 73.9 Å². The predicted octanol–water partition coefficient (Wildman–Crippen LogP) is 4.20. The summed E-state index contributed by atoms with van der Waals surface area (Å²) >= 11 is 0. The highest BCUT2D eigenvalue weighted by atomic mass is 16.7. The summed E-state index contributed by atoms with van der Waals surface area (Å²) in [6.07, 6.45) is 2.52. The quantitative estimate of drug-likeness (QED) is 0.732. The average Bonchev–Trinajstić information content (AvgIpc) is 3.26. The fourth-order valence-electron chi connectivity index (χ4n) is 4.93. The molecule has 0 amide bonds. The molecule has 1 N–H and O–H groups in total. The van der Waals surface area contributed by atoms with E-state index in [2.05, 4.69) is 11.4 Å². The molecule has 3 atom stereocenters. The van der Waals surface area contributed by atoms with Crippen LogP contribution in [0.4, 0.5) is 0 Å². The lowest BCUT2D eigenvalue weighted by Gasteiger charge is -2.39. The maximum Gasteiger partial charge on any atom is 0.336 e. The molecule has 0 radical (unpaired) electrons. The highest BCUT2D eigenvalue weighted by Crippen LogP contribution is 2.47. The minimum Gasteiger partial charge on any atom is -0.463 e. The van der Waals surface area contributed by atoms with E-state index in [1.54, 1.807) is 6.92 Å². The summed E-state index contributed by atoms with van der Waals surface area (Å²) in [7, 11) is 0. The van der Waals surface area contributed by atoms with Crippen LogP contribution in [0.25, 0.3) is 0 Å². The van der Waals surface area contributed by atoms with Gasteiger partial charge in [-0.3, -0.25) is 4.79 Å². The molecule has 0 saturated carbocycles. The van der Waals surface area contributed by atoms with Crippen molar-refractivity contribution < 1.29 is 23.8 Å². The van der Waals surface area contributed by atoms with Gasteiger partial charge in [0.05, 0.1) is 18.1 Å². The zero-order chi connectivity index (χ0) is 22.2. The number of allylic oxidation sites excluding steroid dienone is 3. The normalized spacial score (nSPS) is 23.9. The number of carbonyl (C=O) groups is 2. The van der Waals surface area contributed by atoms with Crippen LogP contribution in [0, 0.1) is 5.92 Å². The SMILES string of the molecule is CCOC(=O)C1=C(C)NC2=CC(c3ccccc3)CC(=O)C2C1c1ccc2c(c1)OCO2. The van der Waals surface area contributed by atoms with Gasteiger partial charge in [0.15, 0.2) is 11.5 Å². The van der Waals surface area contributed by atoms with E-state index in [1.807, 2.05) is 55.5 Å². The van der Waals surface area contributed by atoms with Gasteiger partial charge in [-0.15, -0.1) is 0 Å². The van der Waals surface area contributed by atoms with Crippen molar-refractivity contribution in [2.24, 2.45) is 5.92 Å². The molecule has 2 aromatic rings. The van der Waals surface area contributed by atoms with Crippen molar-refractivity contribution in [3.8, 4) is 11.5 Å². The van der Waals surface area contributed by atoms with Crippen LogP contribution in [0.15, 0.2) is 71.6 Å². The molecule has 3 unspecified atom stereocenters. The summed E-state index contributed by atoms with van der Waals surface area (Å²) < 4.78 is 16.4. The monoisotopic (exact) mass is 431 g/mol. The average molecular weight is 431 g/mol. The van der Waals surface area contributed by atoms with Crippen molar-refractivity contribution in [3.05, 3.63) is 82.7 Å². The summed E-state index contributed by atoms with van der Waals surface area (Å²) in [5, 5.41) is 3.35. The van der Waals surface area contributed by atoms with Gasteiger partial charge < -0.3 is 19.5 Å². The van der Waals surface area contributed by atoms with E-state index in [9.17, 15) is 9.59 Å². The number of hydrogen-bond donors (Lipinski definition) is 1. The molecular weight excluding hydrogens is 406 g/mol. The molecule has 1 aliphatic carbocycles. The van der Waals surface area contributed by atoms with Crippen molar-refractivity contribution in [1.29, 1.82) is 0 Å². The molecule has 32 heavy (non-hydrogen) atoms. The predicted molar refractivity (Wildman–Crippen MR) is 118 cm³/mol. The van der Waals surface area contributed by atoms with Crippen molar-refractivity contribution >= 4 is 11.8 Å². The van der Waals surface area contributed by atoms with E-state index in [0.717, 1.165) is 16.8 Å². The van der Waals surface area contributed by atoms with Gasteiger partial charge in [0, 0.05) is 29.7 Å². The fourth-order valence-corrected chi connectivity index (χ4v) is 4.93. The Morgan fingerprint density at radius 1 is 1.06 bits per heavy atom. The third-order valence-electron chi connectivity index (χ3n) is 6.34. The Hall–Kier alpha value is -3.54. The summed E-state index contributed by atoms with van der Waals surface area (Å²) in [6, 6.07) is 15.6. The number of rotatable bonds is 4. The molecule has 0 bridgehead atoms. The number of ketones is 1. The number of carbonyl (C=O) groups excluding carboxylic acids is 2. The van der Waals surface area contributed by atoms with Crippen LogP contribution in [0.3, 0.4) is 0 Å². The summed E-state index contributed by atoms with van der Waals surface area (Å²) in [5.74, 6) is 0.0299. The number of Topliss-reactive ketones (excluding diaryl/α,β-unsaturated/α-hetero) is 1. The zero-order valence-electron chi connectivity index (χ0n) is 18.1. The lowest BCUT2D eigenvalue weighted by Crippen LogP contribution is -2.41. The zero-order valence-corrected chi connectivity index (χ0v) is 18.1. The number of fused-ring (bicyclic) bond motifs is 2. The Morgan fingerprint density at radius 2 is 1.84 bits per heavy atom. The first-order valence-corrected chi connectivity index (χ1v) is 10.9. The van der Waals surface area contributed by atoms with Crippen LogP contribution in [0.2, 0.25) is 0 Å². The number of ether oxygens (including phenoxy) is 3. The standard InChI is InChI=1S/C26H25NO5/c1-3-30-26(29)23-15(2)27-19-11-18(16-7-5-4-6-8-16)12-20(28)25(19)24(23)17-9-10-21-22(13-17)32-14-31-21/h4-11,13,18,24-25,27H,3,12,14H2,1-2H3. The van der Waals surface area contributed by atoms with Crippen LogP contribution in [-0.2, 0) is 14.3 Å². The van der Waals surface area contributed by atoms with Crippen LogP contribution in [0.5, 0.6) is 11.5 Å². The lowest BCUT2D eigenvalue weighted by atomic mass is 9.68. The van der Waals surface area contributed by atoms with E-state index in [4.69, 9.17) is 14.2 Å². The lowest BCUT2D eigenvalue weighted by molar-refractivity contribution is -0.139. The van der Waals surface area contributed by atoms with Gasteiger partial charge in [-0.25, -0.2) is 4.79 Å². The molecule has 0 fully saturated rings. The summed E-state index contributed by atoms with van der Waals surface area (Å²) in [6.45, 7) is 4.07. The second-order valence-electron chi connectivity index (χ2n) is 8.26. The molecule has 164 valence electrons. The van der Waals surface area contributed by atoms with Gasteiger partial charge >= 0.3 is 5.97 Å². The van der Waals surface area contributed by atoms with Crippen molar-refractivity contribution in [2.45, 2.75) is 32.1 Å². The molecule has 5 rings (SSSR count). The maximum absolute atomic E-state index is 13.6. The molecule has 2 aliphatic heterocycles. The first-order valence-electron chi connectivity index (χ1n) is 10.9. The van der Waals surface area contributed by atoms with Gasteiger partial charge in [0.25, 0.3) is 0 Å². The molecular formula is C26H25NO5. The van der Waals surface area contributed by atoms with Crippen molar-refractivity contribution in [1.82, 2.24) is 5.32 Å². The van der Waals surface area contributed by atoms with E-state index < -0.39 is 17.8 Å². The summed E-state index contributed by atoms with van der Waals surface area (Å²) in [4.78, 5) is 26.5. The fraction of sp³-hybridized carbons (Fsp3) is 0.308. The smallest absolute Gasteiger partial charge is 0.336 e. The van der Waals surface area contributed by atoms with E-state index in [1.165, 1.54) is 0 Å². The number of nitrogens with one attached hydrogen (secondary N) is 1. The minimum absolute atomic E-state index is 0.00297. The second kappa shape index (κ2) is 8.19. The Kier molecular flexibility index (Phi) is 5.21. The third kappa shape index (κ3) is 3.45. The van der Waals surface area contributed by atoms with Crippen LogP contribution >= 0.6 is 0 Å². The van der Waals surface area contributed by atoms with Gasteiger partial charge in [0.1, 0.15) is 5.78 Å². The van der Waals surface area contributed by atoms with Gasteiger partial charge in [-0.1, -0.05) is 42.5 Å². The molecule has 2 heterocycles. The number of hydrogen-bond acceptors (Lipinski definition) is 6. The van der Waals surface area contributed by atoms with Gasteiger partial charge in [0.2, 0.25) is 6.79 Å². The van der Waals surface area contributed by atoms with Crippen LogP contribution < -0.4 is 14.8 Å². The maximum atomic E-state index is 13.6. The highest BCUT2D eigenvalue weighted by molar-refractivity contribution is 5.96. The van der Waals surface area contributed by atoms with Crippen LogP contribution in [-0.4, -0.2) is 25.2 Å². The van der Waals surface area contributed by atoms with E-state index in [-0.39, 0.29) is 25.1 Å². The van der Waals surface area contributed by atoms with Gasteiger partial charge in [-0.2, -0.15) is 0 Å². The number of benzene rings is 2. The Labute approximate surface area is 186 Å². The molecule has 3 aliphatic rings. The molecule has 2 aromatic carbocycles. The molecule has 6 heteroatoms. The summed E-state index contributed by atoms with van der Waals surface area (Å²) in [5.41, 5.74) is 3.96. The van der Waals surface area contributed by atoms with Gasteiger partial charge in [-0.05, 0) is 37.1 Å². The molecule has 0 aromatic heterocycles. The molecule has 6 nitrogen and oxygen atoms in total. The first kappa shape index (κ1) is 20.4. The largest absolute Gasteiger partial charge is 0.463 e. The van der Waals surface area contributed by atoms with E-state index >= 15 is 0 Å². The molecule has 0 saturated heterocycles. The Bertz CT molecular complexity index is 1130. The van der Waals surface area contributed by atoms with Crippen molar-refractivity contribution in [2.75, 3.05) is 13.4 Å². The minimum atomic E-state index is -0.488. The Morgan fingerprint density at radius 3 is 2.62 bits per heavy atom. The van der Waals surface area contributed by atoms with Crippen LogP contribution in [0.1, 0.15) is 43.2 Å².